The average Bonchev–Trinajstić information content (AvgIpc) is 3.18. The molecule has 7 nitrogen and oxygen atoms in total. The van der Waals surface area contributed by atoms with Gasteiger partial charge in [-0.15, -0.1) is 0 Å². The number of amides is 2. The zero-order valence-corrected chi connectivity index (χ0v) is 14.9. The van der Waals surface area contributed by atoms with Gasteiger partial charge in [-0.1, -0.05) is 18.2 Å². The van der Waals surface area contributed by atoms with Gasteiger partial charge < -0.3 is 8.60 Å². The molecule has 1 aliphatic heterocycles. The van der Waals surface area contributed by atoms with Gasteiger partial charge in [0.2, 0.25) is 0 Å². The lowest BCUT2D eigenvalue weighted by atomic mass is 10.1. The van der Waals surface area contributed by atoms with Crippen LogP contribution in [0.3, 0.4) is 0 Å². The maximum absolute atomic E-state index is 12.7. The van der Waals surface area contributed by atoms with Crippen LogP contribution >= 0.6 is 0 Å². The van der Waals surface area contributed by atoms with Crippen molar-refractivity contribution in [2.45, 2.75) is 4.90 Å². The predicted molar refractivity (Wildman–Crippen MR) is 99.8 cm³/mol. The average molecular weight is 393 g/mol. The largest absolute Gasteiger partial charge is 0.456 e. The van der Waals surface area contributed by atoms with E-state index in [1.165, 1.54) is 18.2 Å². The van der Waals surface area contributed by atoms with Crippen molar-refractivity contribution < 1.29 is 26.6 Å². The highest BCUT2D eigenvalue weighted by Gasteiger charge is 2.29. The van der Waals surface area contributed by atoms with Crippen LogP contribution in [-0.4, -0.2) is 20.2 Å². The number of carbonyl (C=O) groups excluding carboxylic acids is 2. The van der Waals surface area contributed by atoms with Gasteiger partial charge in [0.25, 0.3) is 11.8 Å². The SMILES string of the molecule is O=C1NC(=O)c2cc(S(=O)(=O)Oc3ccc4oc5ccccc5c4c3)ccc21. The Bertz CT molecular complexity index is 1420. The molecule has 2 heterocycles. The quantitative estimate of drug-likeness (QED) is 0.423. The lowest BCUT2D eigenvalue weighted by Gasteiger charge is -2.08. The van der Waals surface area contributed by atoms with E-state index < -0.39 is 21.9 Å². The molecule has 3 aromatic carbocycles. The molecular formula is C20H11NO6S. The maximum atomic E-state index is 12.7. The van der Waals surface area contributed by atoms with Crippen LogP contribution in [0.5, 0.6) is 5.75 Å². The van der Waals surface area contributed by atoms with Gasteiger partial charge in [0.15, 0.2) is 0 Å². The van der Waals surface area contributed by atoms with Gasteiger partial charge in [-0.2, -0.15) is 8.42 Å². The molecule has 1 aromatic heterocycles. The molecule has 0 bridgehead atoms. The number of hydrogen-bond acceptors (Lipinski definition) is 6. The van der Waals surface area contributed by atoms with E-state index in [1.807, 2.05) is 24.3 Å². The first-order valence-electron chi connectivity index (χ1n) is 8.28. The summed E-state index contributed by atoms with van der Waals surface area (Å²) in [6.45, 7) is 0. The second-order valence-electron chi connectivity index (χ2n) is 6.28. The Balaban J connectivity index is 1.55. The van der Waals surface area contributed by atoms with E-state index in [2.05, 4.69) is 5.32 Å². The number of nitrogens with one attached hydrogen (secondary N) is 1. The minimum Gasteiger partial charge on any atom is -0.456 e. The highest BCUT2D eigenvalue weighted by molar-refractivity contribution is 7.87. The van der Waals surface area contributed by atoms with Gasteiger partial charge in [0.1, 0.15) is 21.8 Å². The van der Waals surface area contributed by atoms with Crippen LogP contribution in [0.1, 0.15) is 20.7 Å². The Morgan fingerprint density at radius 1 is 0.786 bits per heavy atom. The van der Waals surface area contributed by atoms with Crippen molar-refractivity contribution in [3.05, 3.63) is 71.8 Å². The zero-order chi connectivity index (χ0) is 19.5. The molecule has 0 fully saturated rings. The number of hydrogen-bond donors (Lipinski definition) is 1. The number of carbonyl (C=O) groups is 2. The van der Waals surface area contributed by atoms with E-state index >= 15 is 0 Å². The number of fused-ring (bicyclic) bond motifs is 4. The summed E-state index contributed by atoms with van der Waals surface area (Å²) in [6.07, 6.45) is 0. The van der Waals surface area contributed by atoms with Crippen LogP contribution < -0.4 is 9.50 Å². The van der Waals surface area contributed by atoms with Crippen LogP contribution in [0, 0.1) is 0 Å². The molecule has 0 spiro atoms. The summed E-state index contributed by atoms with van der Waals surface area (Å²) in [5.74, 6) is -1.08. The van der Waals surface area contributed by atoms with Gasteiger partial charge >= 0.3 is 10.1 Å². The summed E-state index contributed by atoms with van der Waals surface area (Å²) in [5.41, 5.74) is 1.44. The number of furan rings is 1. The summed E-state index contributed by atoms with van der Waals surface area (Å²) < 4.78 is 36.3. The second-order valence-corrected chi connectivity index (χ2v) is 7.83. The van der Waals surface area contributed by atoms with Gasteiger partial charge in [0.05, 0.1) is 11.1 Å². The van der Waals surface area contributed by atoms with Crippen molar-refractivity contribution in [2.75, 3.05) is 0 Å². The molecule has 0 radical (unpaired) electrons. The van der Waals surface area contributed by atoms with E-state index in [1.54, 1.807) is 12.1 Å². The molecule has 5 rings (SSSR count). The summed E-state index contributed by atoms with van der Waals surface area (Å²) in [7, 11) is -4.20. The standard InChI is InChI=1S/C20H11NO6S/c22-19-14-7-6-12(10-16(14)20(23)21-19)28(24,25)27-11-5-8-18-15(9-11)13-3-1-2-4-17(13)26-18/h1-10H,(H,21,22,23). The summed E-state index contributed by atoms with van der Waals surface area (Å²) in [4.78, 5) is 23.2. The minimum atomic E-state index is -4.20. The van der Waals surface area contributed by atoms with E-state index in [9.17, 15) is 18.0 Å². The molecule has 0 atom stereocenters. The van der Waals surface area contributed by atoms with Crippen molar-refractivity contribution in [3.8, 4) is 5.75 Å². The molecule has 0 unspecified atom stereocenters. The van der Waals surface area contributed by atoms with Gasteiger partial charge in [-0.3, -0.25) is 14.9 Å². The van der Waals surface area contributed by atoms with Gasteiger partial charge in [-0.05, 0) is 42.5 Å². The fraction of sp³-hybridized carbons (Fsp3) is 0. The lowest BCUT2D eigenvalue weighted by Crippen LogP contribution is -2.19. The smallest absolute Gasteiger partial charge is 0.339 e. The normalized spacial score (nSPS) is 13.7. The third kappa shape index (κ3) is 2.46. The first-order chi connectivity index (χ1) is 13.4. The highest BCUT2D eigenvalue weighted by atomic mass is 32.2. The minimum absolute atomic E-state index is 0.00551. The van der Waals surface area contributed by atoms with Gasteiger partial charge in [-0.25, -0.2) is 0 Å². The Morgan fingerprint density at radius 3 is 2.39 bits per heavy atom. The number of rotatable bonds is 3. The van der Waals surface area contributed by atoms with Crippen molar-refractivity contribution in [1.82, 2.24) is 5.32 Å². The Hall–Kier alpha value is -3.65. The van der Waals surface area contributed by atoms with Crippen molar-refractivity contribution in [1.29, 1.82) is 0 Å². The molecule has 1 aliphatic rings. The fourth-order valence-corrected chi connectivity index (χ4v) is 4.18. The van der Waals surface area contributed by atoms with Crippen molar-refractivity contribution in [3.63, 3.8) is 0 Å². The number of imide groups is 1. The lowest BCUT2D eigenvalue weighted by molar-refractivity contribution is 0.0879. The van der Waals surface area contributed by atoms with Crippen LogP contribution in [0.15, 0.2) is 70.0 Å². The molecule has 0 saturated heterocycles. The molecule has 138 valence electrons. The Morgan fingerprint density at radius 2 is 1.54 bits per heavy atom. The van der Waals surface area contributed by atoms with E-state index in [0.717, 1.165) is 16.8 Å². The monoisotopic (exact) mass is 393 g/mol. The fourth-order valence-electron chi connectivity index (χ4n) is 3.23. The van der Waals surface area contributed by atoms with Crippen molar-refractivity contribution >= 4 is 43.9 Å². The third-order valence-electron chi connectivity index (χ3n) is 4.55. The van der Waals surface area contributed by atoms with Crippen LogP contribution in [0.4, 0.5) is 0 Å². The Labute approximate surface area is 158 Å². The molecule has 2 amide bonds. The highest BCUT2D eigenvalue weighted by Crippen LogP contribution is 2.32. The first-order valence-corrected chi connectivity index (χ1v) is 9.69. The number of benzene rings is 3. The van der Waals surface area contributed by atoms with Crippen LogP contribution in [0.25, 0.3) is 21.9 Å². The number of para-hydroxylation sites is 1. The summed E-state index contributed by atoms with van der Waals surface area (Å²) >= 11 is 0. The molecule has 1 N–H and O–H groups in total. The van der Waals surface area contributed by atoms with Crippen LogP contribution in [0.2, 0.25) is 0 Å². The molecular weight excluding hydrogens is 382 g/mol. The van der Waals surface area contributed by atoms with Crippen molar-refractivity contribution in [2.24, 2.45) is 0 Å². The molecule has 0 aliphatic carbocycles. The molecule has 8 heteroatoms. The summed E-state index contributed by atoms with van der Waals surface area (Å²) in [5, 5.41) is 3.69. The van der Waals surface area contributed by atoms with E-state index in [0.29, 0.717) is 11.2 Å². The zero-order valence-electron chi connectivity index (χ0n) is 14.1. The van der Waals surface area contributed by atoms with Crippen LogP contribution in [-0.2, 0) is 10.1 Å². The topological polar surface area (TPSA) is 103 Å². The van der Waals surface area contributed by atoms with Gasteiger partial charge in [0, 0.05) is 10.8 Å². The summed E-state index contributed by atoms with van der Waals surface area (Å²) in [6, 6.07) is 15.8. The Kier molecular flexibility index (Phi) is 3.35. The molecule has 0 saturated carbocycles. The van der Waals surface area contributed by atoms with E-state index in [4.69, 9.17) is 8.60 Å². The maximum Gasteiger partial charge on any atom is 0.339 e. The molecule has 28 heavy (non-hydrogen) atoms. The third-order valence-corrected chi connectivity index (χ3v) is 5.79. The second kappa shape index (κ2) is 5.67. The predicted octanol–water partition coefficient (Wildman–Crippen LogP) is 3.24. The first kappa shape index (κ1) is 16.5. The van der Waals surface area contributed by atoms with E-state index in [-0.39, 0.29) is 21.8 Å². The molecule has 4 aromatic rings.